The Morgan fingerprint density at radius 1 is 1.15 bits per heavy atom. The van der Waals surface area contributed by atoms with Crippen molar-refractivity contribution in [3.05, 3.63) is 71.4 Å². The largest absolute Gasteiger partial charge is 0.383 e. The lowest BCUT2D eigenvalue weighted by Crippen LogP contribution is -2.61. The van der Waals surface area contributed by atoms with Gasteiger partial charge in [0.1, 0.15) is 0 Å². The number of carbonyl (C=O) groups is 2. The van der Waals surface area contributed by atoms with Gasteiger partial charge in [-0.1, -0.05) is 49.2 Å². The van der Waals surface area contributed by atoms with E-state index in [0.717, 1.165) is 43.2 Å². The lowest BCUT2D eigenvalue weighted by Gasteiger charge is -2.50. The fraction of sp³-hybridized carbons (Fsp3) is 0.407. The predicted octanol–water partition coefficient (Wildman–Crippen LogP) is 4.03. The van der Waals surface area contributed by atoms with Gasteiger partial charge in [-0.05, 0) is 42.5 Å². The van der Waals surface area contributed by atoms with Crippen LogP contribution in [0.2, 0.25) is 0 Å². The summed E-state index contributed by atoms with van der Waals surface area (Å²) in [6, 6.07) is 15.8. The van der Waals surface area contributed by atoms with Gasteiger partial charge in [0.05, 0.1) is 18.1 Å². The van der Waals surface area contributed by atoms with Gasteiger partial charge in [0.2, 0.25) is 5.91 Å². The number of H-pyrrole nitrogens is 1. The minimum absolute atomic E-state index is 0.0131. The van der Waals surface area contributed by atoms with Crippen LogP contribution in [0.25, 0.3) is 10.9 Å². The molecule has 1 spiro atoms. The number of methoxy groups -OCH3 is 1. The van der Waals surface area contributed by atoms with Crippen molar-refractivity contribution in [2.75, 3.05) is 26.8 Å². The smallest absolute Gasteiger partial charge is 0.254 e. The third kappa shape index (κ3) is 3.72. The van der Waals surface area contributed by atoms with E-state index in [9.17, 15) is 9.59 Å². The number of amides is 2. The van der Waals surface area contributed by atoms with Crippen LogP contribution in [-0.4, -0.2) is 54.0 Å². The van der Waals surface area contributed by atoms with Gasteiger partial charge in [-0.2, -0.15) is 0 Å². The fourth-order valence-corrected chi connectivity index (χ4v) is 5.94. The quantitative estimate of drug-likeness (QED) is 0.577. The first-order valence-corrected chi connectivity index (χ1v) is 11.9. The third-order valence-electron chi connectivity index (χ3n) is 7.44. The molecule has 1 aliphatic heterocycles. The van der Waals surface area contributed by atoms with E-state index in [1.807, 2.05) is 47.5 Å². The number of fused-ring (bicyclic) bond motifs is 2. The summed E-state index contributed by atoms with van der Waals surface area (Å²) >= 11 is 0. The maximum Gasteiger partial charge on any atom is 0.254 e. The zero-order chi connectivity index (χ0) is 22.8. The Morgan fingerprint density at radius 2 is 1.91 bits per heavy atom. The number of nitrogens with one attached hydrogen (secondary N) is 2. The summed E-state index contributed by atoms with van der Waals surface area (Å²) < 4.78 is 5.32. The zero-order valence-electron chi connectivity index (χ0n) is 19.1. The second-order valence-electron chi connectivity index (χ2n) is 9.18. The molecule has 1 saturated carbocycles. The summed E-state index contributed by atoms with van der Waals surface area (Å²) in [5, 5.41) is 4.41. The summed E-state index contributed by atoms with van der Waals surface area (Å²) in [7, 11) is 1.65. The van der Waals surface area contributed by atoms with Crippen LogP contribution in [0.1, 0.15) is 53.1 Å². The molecule has 1 aromatic heterocycles. The Labute approximate surface area is 194 Å². The molecule has 1 fully saturated rings. The maximum atomic E-state index is 13.8. The molecule has 0 bridgehead atoms. The number of ether oxygens (including phenoxy) is 1. The van der Waals surface area contributed by atoms with Crippen molar-refractivity contribution in [1.29, 1.82) is 0 Å². The second-order valence-corrected chi connectivity index (χ2v) is 9.18. The van der Waals surface area contributed by atoms with Crippen molar-refractivity contribution in [2.24, 2.45) is 0 Å². The van der Waals surface area contributed by atoms with Gasteiger partial charge < -0.3 is 19.9 Å². The Kier molecular flexibility index (Phi) is 5.94. The molecule has 0 saturated heterocycles. The molecule has 2 N–H and O–H groups in total. The highest BCUT2D eigenvalue weighted by Gasteiger charge is 2.55. The minimum atomic E-state index is -0.477. The van der Waals surface area contributed by atoms with Gasteiger partial charge in [-0.15, -0.1) is 0 Å². The molecule has 2 aromatic carbocycles. The van der Waals surface area contributed by atoms with Gasteiger partial charge in [0.25, 0.3) is 5.91 Å². The fourth-order valence-electron chi connectivity index (χ4n) is 5.94. The molecule has 0 radical (unpaired) electrons. The van der Waals surface area contributed by atoms with Crippen LogP contribution < -0.4 is 5.32 Å². The van der Waals surface area contributed by atoms with E-state index in [1.54, 1.807) is 7.11 Å². The van der Waals surface area contributed by atoms with Crippen LogP contribution in [-0.2, 0) is 16.0 Å². The highest BCUT2D eigenvalue weighted by molar-refractivity contribution is 6.02. The Morgan fingerprint density at radius 3 is 2.73 bits per heavy atom. The van der Waals surface area contributed by atoms with Crippen LogP contribution in [0.4, 0.5) is 0 Å². The van der Waals surface area contributed by atoms with E-state index in [4.69, 9.17) is 4.74 Å². The van der Waals surface area contributed by atoms with Crippen molar-refractivity contribution < 1.29 is 14.3 Å². The number of aromatic amines is 1. The summed E-state index contributed by atoms with van der Waals surface area (Å²) in [5.74, 6) is -0.333. The van der Waals surface area contributed by atoms with Crippen LogP contribution >= 0.6 is 0 Å². The Hall–Kier alpha value is -3.12. The number of benzene rings is 2. The zero-order valence-corrected chi connectivity index (χ0v) is 19.1. The number of carbonyl (C=O) groups excluding carboxylic acids is 2. The van der Waals surface area contributed by atoms with Gasteiger partial charge in [0, 0.05) is 42.9 Å². The van der Waals surface area contributed by atoms with E-state index in [1.165, 1.54) is 10.9 Å². The Bertz CT molecular complexity index is 1160. The number of nitrogens with zero attached hydrogens (tertiary/aromatic N) is 1. The van der Waals surface area contributed by atoms with Crippen molar-refractivity contribution in [2.45, 2.75) is 43.6 Å². The minimum Gasteiger partial charge on any atom is -0.383 e. The lowest BCUT2D eigenvalue weighted by atomic mass is 9.71. The third-order valence-corrected chi connectivity index (χ3v) is 7.44. The highest BCUT2D eigenvalue weighted by atomic mass is 16.5. The van der Waals surface area contributed by atoms with Crippen molar-refractivity contribution in [3.8, 4) is 0 Å². The van der Waals surface area contributed by atoms with Crippen LogP contribution in [0.5, 0.6) is 0 Å². The summed E-state index contributed by atoms with van der Waals surface area (Å²) in [5.41, 5.74) is 3.33. The van der Waals surface area contributed by atoms with E-state index in [-0.39, 0.29) is 17.7 Å². The number of rotatable bonds is 7. The summed E-state index contributed by atoms with van der Waals surface area (Å²) in [4.78, 5) is 32.5. The number of hydrogen-bond donors (Lipinski definition) is 2. The molecule has 33 heavy (non-hydrogen) atoms. The molecule has 2 aliphatic rings. The molecule has 172 valence electrons. The number of para-hydroxylation sites is 1. The lowest BCUT2D eigenvalue weighted by molar-refractivity contribution is -0.126. The number of aromatic nitrogens is 1. The molecule has 1 aliphatic carbocycles. The van der Waals surface area contributed by atoms with E-state index >= 15 is 0 Å². The second kappa shape index (κ2) is 9.02. The first-order chi connectivity index (χ1) is 16.2. The Balaban J connectivity index is 1.42. The highest BCUT2D eigenvalue weighted by Crippen LogP contribution is 2.50. The topological polar surface area (TPSA) is 74.4 Å². The van der Waals surface area contributed by atoms with Crippen LogP contribution in [0.3, 0.4) is 0 Å². The predicted molar refractivity (Wildman–Crippen MR) is 128 cm³/mol. The van der Waals surface area contributed by atoms with Crippen molar-refractivity contribution in [1.82, 2.24) is 15.2 Å². The van der Waals surface area contributed by atoms with Crippen LogP contribution in [0.15, 0.2) is 54.7 Å². The average Bonchev–Trinajstić information content (AvgIpc) is 3.47. The van der Waals surface area contributed by atoms with E-state index < -0.39 is 5.54 Å². The molecule has 1 atom stereocenters. The molecule has 0 unspecified atom stereocenters. The maximum absolute atomic E-state index is 13.8. The molecule has 2 heterocycles. The average molecular weight is 446 g/mol. The SMILES string of the molecule is COCCN1C(=O)c2ccccc2[C@@H](C(=O)NCCc2c[nH]c3ccccc23)C12CCCC2. The molecular formula is C27H31N3O3. The first kappa shape index (κ1) is 21.7. The first-order valence-electron chi connectivity index (χ1n) is 11.9. The number of hydrogen-bond acceptors (Lipinski definition) is 3. The molecule has 2 amide bonds. The van der Waals surface area contributed by atoms with Gasteiger partial charge in [-0.3, -0.25) is 9.59 Å². The van der Waals surface area contributed by atoms with Gasteiger partial charge >= 0.3 is 0 Å². The van der Waals surface area contributed by atoms with Gasteiger partial charge in [0.15, 0.2) is 0 Å². The van der Waals surface area contributed by atoms with E-state index in [2.05, 4.69) is 22.4 Å². The standard InChI is InChI=1S/C27H31N3O3/c1-33-17-16-30-26(32)22-10-3-2-9-21(22)24(27(30)13-6-7-14-27)25(31)28-15-12-19-18-29-23-11-5-4-8-20(19)23/h2-5,8-11,18,24,29H,6-7,12-17H2,1H3,(H,28,31)/t24-/m0/s1. The summed E-state index contributed by atoms with van der Waals surface area (Å²) in [6.07, 6.45) is 6.52. The van der Waals surface area contributed by atoms with Gasteiger partial charge in [-0.25, -0.2) is 0 Å². The molecular weight excluding hydrogens is 414 g/mol. The van der Waals surface area contributed by atoms with Crippen LogP contribution in [0, 0.1) is 0 Å². The molecule has 5 rings (SSSR count). The normalized spacial score (nSPS) is 19.2. The molecule has 6 heteroatoms. The molecule has 6 nitrogen and oxygen atoms in total. The van der Waals surface area contributed by atoms with Crippen molar-refractivity contribution >= 4 is 22.7 Å². The molecule has 3 aromatic rings. The van der Waals surface area contributed by atoms with E-state index in [0.29, 0.717) is 25.3 Å². The van der Waals surface area contributed by atoms with Crippen molar-refractivity contribution in [3.63, 3.8) is 0 Å². The summed E-state index contributed by atoms with van der Waals surface area (Å²) in [6.45, 7) is 1.52. The monoisotopic (exact) mass is 445 g/mol.